The van der Waals surface area contributed by atoms with E-state index in [1.54, 1.807) is 12.3 Å². The first-order valence-electron chi connectivity index (χ1n) is 2.83. The summed E-state index contributed by atoms with van der Waals surface area (Å²) in [4.78, 5) is 3.94. The first-order valence-corrected chi connectivity index (χ1v) is 3.21. The van der Waals surface area contributed by atoms with Crippen LogP contribution in [0.4, 0.5) is 5.82 Å². The maximum atomic E-state index is 5.76. The Bertz CT molecular complexity index is 236. The van der Waals surface area contributed by atoms with E-state index in [0.717, 1.165) is 5.56 Å². The molecule has 0 unspecified atom stereocenters. The van der Waals surface area contributed by atoms with Crippen molar-refractivity contribution in [2.24, 2.45) is 5.84 Å². The Labute approximate surface area is 64.2 Å². The van der Waals surface area contributed by atoms with Gasteiger partial charge < -0.3 is 5.43 Å². The zero-order valence-corrected chi connectivity index (χ0v) is 6.31. The predicted octanol–water partition coefficient (Wildman–Crippen LogP) is 1.33. The zero-order chi connectivity index (χ0) is 7.56. The minimum atomic E-state index is 0.618. The van der Waals surface area contributed by atoms with Gasteiger partial charge in [-0.2, -0.15) is 0 Å². The lowest BCUT2D eigenvalue weighted by atomic mass is 10.3. The molecular weight excluding hydrogens is 150 g/mol. The molecule has 0 atom stereocenters. The molecule has 0 fully saturated rings. The van der Waals surface area contributed by atoms with Crippen molar-refractivity contribution in [2.75, 3.05) is 5.43 Å². The van der Waals surface area contributed by atoms with E-state index in [1.807, 2.05) is 6.92 Å². The van der Waals surface area contributed by atoms with Crippen LogP contribution in [0.25, 0.3) is 0 Å². The van der Waals surface area contributed by atoms with E-state index in [9.17, 15) is 0 Å². The molecule has 4 heteroatoms. The second-order valence-corrected chi connectivity index (χ2v) is 2.32. The molecule has 0 aliphatic carbocycles. The number of hydrazine groups is 1. The topological polar surface area (TPSA) is 50.9 Å². The van der Waals surface area contributed by atoms with E-state index in [4.69, 9.17) is 17.4 Å². The molecule has 0 amide bonds. The number of nitrogens with two attached hydrogens (primary N) is 1. The third-order valence-electron chi connectivity index (χ3n) is 1.27. The molecule has 0 aromatic carbocycles. The summed E-state index contributed by atoms with van der Waals surface area (Å²) in [6.07, 6.45) is 1.60. The standard InChI is InChI=1S/C6H8ClN3/c1-4-5(7)2-3-9-6(4)10-8/h2-3H,8H2,1H3,(H,9,10). The summed E-state index contributed by atoms with van der Waals surface area (Å²) in [5.41, 5.74) is 3.31. The second kappa shape index (κ2) is 2.86. The quantitative estimate of drug-likeness (QED) is 0.478. The number of nitrogens with one attached hydrogen (secondary N) is 1. The fraction of sp³-hybridized carbons (Fsp3) is 0.167. The molecule has 3 N–H and O–H groups in total. The van der Waals surface area contributed by atoms with Crippen LogP contribution in [0.1, 0.15) is 5.56 Å². The molecule has 0 aliphatic heterocycles. The molecule has 0 bridgehead atoms. The smallest absolute Gasteiger partial charge is 0.144 e. The Morgan fingerprint density at radius 2 is 2.40 bits per heavy atom. The highest BCUT2D eigenvalue weighted by molar-refractivity contribution is 6.31. The van der Waals surface area contributed by atoms with Gasteiger partial charge in [-0.3, -0.25) is 0 Å². The van der Waals surface area contributed by atoms with Gasteiger partial charge in [-0.1, -0.05) is 11.6 Å². The molecule has 0 radical (unpaired) electrons. The highest BCUT2D eigenvalue weighted by Crippen LogP contribution is 2.18. The van der Waals surface area contributed by atoms with Gasteiger partial charge in [-0.25, -0.2) is 10.8 Å². The van der Waals surface area contributed by atoms with Crippen molar-refractivity contribution in [1.82, 2.24) is 4.98 Å². The number of nitrogens with zero attached hydrogens (tertiary/aromatic N) is 1. The number of hydrogen-bond acceptors (Lipinski definition) is 3. The fourth-order valence-corrected chi connectivity index (χ4v) is 0.804. The Morgan fingerprint density at radius 1 is 1.70 bits per heavy atom. The summed E-state index contributed by atoms with van der Waals surface area (Å²) in [6, 6.07) is 1.72. The van der Waals surface area contributed by atoms with Crippen molar-refractivity contribution in [3.63, 3.8) is 0 Å². The number of pyridine rings is 1. The summed E-state index contributed by atoms with van der Waals surface area (Å²) in [5.74, 6) is 5.77. The summed E-state index contributed by atoms with van der Waals surface area (Å²) in [6.45, 7) is 1.85. The van der Waals surface area contributed by atoms with Gasteiger partial charge in [0.1, 0.15) is 5.82 Å². The summed E-state index contributed by atoms with van der Waals surface area (Å²) < 4.78 is 0. The minimum Gasteiger partial charge on any atom is -0.308 e. The third-order valence-corrected chi connectivity index (χ3v) is 1.68. The molecule has 3 nitrogen and oxygen atoms in total. The molecule has 0 saturated carbocycles. The van der Waals surface area contributed by atoms with Crippen molar-refractivity contribution in [1.29, 1.82) is 0 Å². The molecular formula is C6H8ClN3. The Morgan fingerprint density at radius 3 is 2.90 bits per heavy atom. The van der Waals surface area contributed by atoms with Gasteiger partial charge in [0.25, 0.3) is 0 Å². The van der Waals surface area contributed by atoms with Crippen LogP contribution in [0.5, 0.6) is 0 Å². The highest BCUT2D eigenvalue weighted by Gasteiger charge is 1.99. The van der Waals surface area contributed by atoms with Gasteiger partial charge in [0.2, 0.25) is 0 Å². The molecule has 0 spiro atoms. The predicted molar refractivity (Wildman–Crippen MR) is 41.8 cm³/mol. The van der Waals surface area contributed by atoms with Gasteiger partial charge in [0.05, 0.1) is 0 Å². The minimum absolute atomic E-state index is 0.618. The summed E-state index contributed by atoms with van der Waals surface area (Å²) >= 11 is 5.76. The first kappa shape index (κ1) is 7.31. The van der Waals surface area contributed by atoms with Gasteiger partial charge in [-0.05, 0) is 13.0 Å². The maximum Gasteiger partial charge on any atom is 0.144 e. The van der Waals surface area contributed by atoms with E-state index in [2.05, 4.69) is 10.4 Å². The molecule has 1 aromatic heterocycles. The molecule has 0 aliphatic rings. The number of anilines is 1. The van der Waals surface area contributed by atoms with E-state index in [1.165, 1.54) is 0 Å². The van der Waals surface area contributed by atoms with E-state index in [-0.39, 0.29) is 0 Å². The second-order valence-electron chi connectivity index (χ2n) is 1.91. The molecule has 1 aromatic rings. The zero-order valence-electron chi connectivity index (χ0n) is 5.56. The van der Waals surface area contributed by atoms with Crippen LogP contribution in [-0.4, -0.2) is 4.98 Å². The normalized spacial score (nSPS) is 9.50. The van der Waals surface area contributed by atoms with Crippen LogP contribution in [-0.2, 0) is 0 Å². The number of nitrogen functional groups attached to an aromatic ring is 1. The number of aromatic nitrogens is 1. The largest absolute Gasteiger partial charge is 0.308 e. The number of rotatable bonds is 1. The van der Waals surface area contributed by atoms with Crippen LogP contribution in [0.3, 0.4) is 0 Å². The molecule has 0 saturated heterocycles. The average molecular weight is 158 g/mol. The van der Waals surface area contributed by atoms with Crippen LogP contribution >= 0.6 is 11.6 Å². The van der Waals surface area contributed by atoms with Crippen LogP contribution in [0.2, 0.25) is 5.02 Å². The highest BCUT2D eigenvalue weighted by atomic mass is 35.5. The third kappa shape index (κ3) is 1.20. The fourth-order valence-electron chi connectivity index (χ4n) is 0.658. The van der Waals surface area contributed by atoms with Crippen molar-refractivity contribution in [3.05, 3.63) is 22.8 Å². The Balaban J connectivity index is 3.14. The van der Waals surface area contributed by atoms with Crippen molar-refractivity contribution < 1.29 is 0 Å². The van der Waals surface area contributed by atoms with E-state index in [0.29, 0.717) is 10.8 Å². The number of hydrogen-bond donors (Lipinski definition) is 2. The van der Waals surface area contributed by atoms with Gasteiger partial charge >= 0.3 is 0 Å². The maximum absolute atomic E-state index is 5.76. The Kier molecular flexibility index (Phi) is 2.09. The van der Waals surface area contributed by atoms with E-state index < -0.39 is 0 Å². The summed E-state index contributed by atoms with van der Waals surface area (Å²) in [7, 11) is 0. The Hall–Kier alpha value is -0.800. The molecule has 10 heavy (non-hydrogen) atoms. The van der Waals surface area contributed by atoms with E-state index >= 15 is 0 Å². The summed E-state index contributed by atoms with van der Waals surface area (Å²) in [5, 5.41) is 0.669. The van der Waals surface area contributed by atoms with Crippen LogP contribution < -0.4 is 11.3 Å². The average Bonchev–Trinajstić information content (AvgIpc) is 1.95. The van der Waals surface area contributed by atoms with Gasteiger partial charge in [0, 0.05) is 16.8 Å². The van der Waals surface area contributed by atoms with Crippen LogP contribution in [0.15, 0.2) is 12.3 Å². The molecule has 1 rings (SSSR count). The molecule has 54 valence electrons. The SMILES string of the molecule is Cc1c(Cl)ccnc1NN. The van der Waals surface area contributed by atoms with Crippen molar-refractivity contribution in [2.45, 2.75) is 6.92 Å². The lowest BCUT2D eigenvalue weighted by Gasteiger charge is -2.02. The first-order chi connectivity index (χ1) is 4.75. The van der Waals surface area contributed by atoms with Crippen molar-refractivity contribution >= 4 is 17.4 Å². The van der Waals surface area contributed by atoms with Gasteiger partial charge in [-0.15, -0.1) is 0 Å². The monoisotopic (exact) mass is 157 g/mol. The van der Waals surface area contributed by atoms with Crippen LogP contribution in [0, 0.1) is 6.92 Å². The lowest BCUT2D eigenvalue weighted by molar-refractivity contribution is 1.19. The number of halogens is 1. The lowest BCUT2D eigenvalue weighted by Crippen LogP contribution is -2.09. The van der Waals surface area contributed by atoms with Gasteiger partial charge in [0.15, 0.2) is 0 Å². The van der Waals surface area contributed by atoms with Crippen molar-refractivity contribution in [3.8, 4) is 0 Å². The molecule has 1 heterocycles.